The summed E-state index contributed by atoms with van der Waals surface area (Å²) < 4.78 is 5.91. The number of carbonyl (C=O) groups excluding carboxylic acids is 1. The Morgan fingerprint density at radius 1 is 0.933 bits per heavy atom. The van der Waals surface area contributed by atoms with E-state index in [1.807, 2.05) is 30.3 Å². The van der Waals surface area contributed by atoms with Crippen molar-refractivity contribution >= 4 is 11.9 Å². The topological polar surface area (TPSA) is 63.6 Å². The van der Waals surface area contributed by atoms with Gasteiger partial charge in [-0.15, -0.1) is 0 Å². The molecular weight excluding hydrogens is 455 g/mol. The second-order valence-electron chi connectivity index (χ2n) is 7.53. The fourth-order valence-electron chi connectivity index (χ4n) is 4.17. The molecule has 0 saturated carbocycles. The minimum Gasteiger partial charge on any atom is -0.478 e. The molecule has 1 aliphatic rings. The third kappa shape index (κ3) is 4.04. The van der Waals surface area contributed by atoms with E-state index in [0.29, 0.717) is 11.1 Å². The predicted molar refractivity (Wildman–Crippen MR) is 111 cm³/mol. The third-order valence-corrected chi connectivity index (χ3v) is 5.66. The minimum absolute atomic E-state index is 0. The van der Waals surface area contributed by atoms with Gasteiger partial charge < -0.3 is 9.84 Å². The number of rotatable bonds is 4. The second-order valence-corrected chi connectivity index (χ2v) is 7.53. The van der Waals surface area contributed by atoms with Crippen molar-refractivity contribution in [2.75, 3.05) is 0 Å². The van der Waals surface area contributed by atoms with Crippen molar-refractivity contribution < 1.29 is 45.6 Å². The summed E-state index contributed by atoms with van der Waals surface area (Å²) in [5.41, 5.74) is 5.38. The van der Waals surface area contributed by atoms with Crippen LogP contribution in [0.1, 0.15) is 50.4 Å². The number of carboxylic acid groups (broad SMARTS) is 1. The quantitative estimate of drug-likeness (QED) is 0.508. The van der Waals surface area contributed by atoms with Crippen LogP contribution < -0.4 is 0 Å². The maximum Gasteiger partial charge on any atom is 0.339 e. The molecule has 4 nitrogen and oxygen atoms in total. The van der Waals surface area contributed by atoms with Crippen molar-refractivity contribution in [2.24, 2.45) is 5.92 Å². The monoisotopic (exact) mass is 476 g/mol. The van der Waals surface area contributed by atoms with E-state index < -0.39 is 11.9 Å². The molecule has 0 aromatic heterocycles. The molecule has 2 atom stereocenters. The summed E-state index contributed by atoms with van der Waals surface area (Å²) in [6.07, 6.45) is 0.473. The molecule has 0 saturated heterocycles. The van der Waals surface area contributed by atoms with Crippen LogP contribution in [0, 0.1) is 12.8 Å². The Hall–Kier alpha value is -2.52. The van der Waals surface area contributed by atoms with Crippen LogP contribution in [-0.4, -0.2) is 17.0 Å². The molecule has 150 valence electrons. The first kappa shape index (κ1) is 22.2. The molecule has 0 radical (unpaired) electrons. The van der Waals surface area contributed by atoms with E-state index in [-0.39, 0.29) is 43.8 Å². The Labute approximate surface area is 195 Å². The first-order chi connectivity index (χ1) is 14.0. The molecule has 30 heavy (non-hydrogen) atoms. The van der Waals surface area contributed by atoms with Gasteiger partial charge >= 0.3 is 11.9 Å². The molecule has 3 aromatic carbocycles. The van der Waals surface area contributed by atoms with Crippen molar-refractivity contribution in [3.8, 4) is 11.1 Å². The third-order valence-electron chi connectivity index (χ3n) is 5.66. The van der Waals surface area contributed by atoms with E-state index in [0.717, 1.165) is 23.1 Å². The Kier molecular flexibility index (Phi) is 6.72. The predicted octanol–water partition coefficient (Wildman–Crippen LogP) is 5.45. The Balaban J connectivity index is 0.00000256. The Morgan fingerprint density at radius 3 is 2.30 bits per heavy atom. The molecule has 2 unspecified atom stereocenters. The maximum absolute atomic E-state index is 12.9. The molecule has 0 aliphatic heterocycles. The average Bonchev–Trinajstić information content (AvgIpc) is 3.03. The normalized spacial score (nSPS) is 17.0. The smallest absolute Gasteiger partial charge is 0.339 e. The van der Waals surface area contributed by atoms with Crippen LogP contribution in [0.25, 0.3) is 11.1 Å². The molecule has 0 bridgehead atoms. The van der Waals surface area contributed by atoms with Crippen molar-refractivity contribution in [1.82, 2.24) is 0 Å². The summed E-state index contributed by atoms with van der Waals surface area (Å²) in [6, 6.07) is 21.0. The summed E-state index contributed by atoms with van der Waals surface area (Å²) in [5.74, 6) is -1.40. The first-order valence-electron chi connectivity index (χ1n) is 9.68. The molecule has 4 rings (SSSR count). The van der Waals surface area contributed by atoms with Gasteiger partial charge in [0.2, 0.25) is 0 Å². The van der Waals surface area contributed by atoms with Crippen molar-refractivity contribution in [1.29, 1.82) is 0 Å². The van der Waals surface area contributed by atoms with Gasteiger partial charge in [0.05, 0.1) is 11.1 Å². The van der Waals surface area contributed by atoms with Crippen molar-refractivity contribution in [2.45, 2.75) is 26.4 Å². The zero-order valence-electron chi connectivity index (χ0n) is 16.9. The van der Waals surface area contributed by atoms with Gasteiger partial charge in [0.1, 0.15) is 6.10 Å². The summed E-state index contributed by atoms with van der Waals surface area (Å²) in [5, 5.41) is 9.31. The number of fused-ring (bicyclic) bond motifs is 1. The van der Waals surface area contributed by atoms with E-state index in [2.05, 4.69) is 25.1 Å². The van der Waals surface area contributed by atoms with Gasteiger partial charge in [-0.2, -0.15) is 0 Å². The maximum atomic E-state index is 12.9. The fraction of sp³-hybridized carbons (Fsp3) is 0.200. The molecule has 1 N–H and O–H groups in total. The molecule has 5 heteroatoms. The summed E-state index contributed by atoms with van der Waals surface area (Å²) in [4.78, 5) is 24.3. The van der Waals surface area contributed by atoms with Gasteiger partial charge in [-0.05, 0) is 53.3 Å². The fourth-order valence-corrected chi connectivity index (χ4v) is 4.17. The van der Waals surface area contributed by atoms with Gasteiger partial charge in [-0.1, -0.05) is 61.5 Å². The molecule has 0 amide bonds. The number of ether oxygens (including phenoxy) is 1. The standard InChI is InChI=1S/C25H22O4.Zr/c1-15-14-22-20(17-8-4-3-5-9-17)12-7-13-21(22)23(15)29-25(28)19-11-6-10-18(16(19)2)24(26)27;/h3-13,15,23H,14H2,1-2H3,(H,26,27);. The number of carboxylic acids is 1. The molecular formula is C25H22O4Zr. The number of benzene rings is 3. The van der Waals surface area contributed by atoms with Crippen LogP contribution in [0.3, 0.4) is 0 Å². The molecule has 0 fully saturated rings. The Bertz CT molecular complexity index is 1090. The first-order valence-corrected chi connectivity index (χ1v) is 9.68. The van der Waals surface area contributed by atoms with E-state index in [1.54, 1.807) is 19.1 Å². The molecule has 3 aromatic rings. The van der Waals surface area contributed by atoms with Gasteiger partial charge in [0.25, 0.3) is 0 Å². The van der Waals surface area contributed by atoms with Crippen LogP contribution in [0.4, 0.5) is 0 Å². The van der Waals surface area contributed by atoms with Crippen LogP contribution in [0.5, 0.6) is 0 Å². The van der Waals surface area contributed by atoms with Crippen LogP contribution in [-0.2, 0) is 37.4 Å². The van der Waals surface area contributed by atoms with Gasteiger partial charge in [0.15, 0.2) is 0 Å². The summed E-state index contributed by atoms with van der Waals surface area (Å²) in [6.45, 7) is 3.72. The van der Waals surface area contributed by atoms with Gasteiger partial charge in [0, 0.05) is 32.1 Å². The average molecular weight is 478 g/mol. The molecule has 0 spiro atoms. The number of carbonyl (C=O) groups is 2. The van der Waals surface area contributed by atoms with E-state index >= 15 is 0 Å². The zero-order valence-corrected chi connectivity index (χ0v) is 19.3. The van der Waals surface area contributed by atoms with E-state index in [9.17, 15) is 14.7 Å². The number of aromatic carboxylic acids is 1. The Morgan fingerprint density at radius 2 is 1.60 bits per heavy atom. The number of hydrogen-bond donors (Lipinski definition) is 1. The van der Waals surface area contributed by atoms with Gasteiger partial charge in [-0.3, -0.25) is 0 Å². The van der Waals surface area contributed by atoms with Crippen LogP contribution in [0.15, 0.2) is 66.7 Å². The van der Waals surface area contributed by atoms with E-state index in [4.69, 9.17) is 4.74 Å². The second kappa shape index (κ2) is 9.10. The summed E-state index contributed by atoms with van der Waals surface area (Å²) >= 11 is 0. The van der Waals surface area contributed by atoms with Crippen LogP contribution in [0.2, 0.25) is 0 Å². The number of hydrogen-bond acceptors (Lipinski definition) is 3. The number of esters is 1. The minimum atomic E-state index is -1.05. The SMILES string of the molecule is Cc1c(C(=O)O)cccc1C(=O)OC1c2cccc(-c3ccccc3)c2CC1C.[Zr]. The molecule has 1 aliphatic carbocycles. The molecule has 0 heterocycles. The van der Waals surface area contributed by atoms with Crippen molar-refractivity contribution in [3.63, 3.8) is 0 Å². The largest absolute Gasteiger partial charge is 0.478 e. The zero-order chi connectivity index (χ0) is 20.5. The van der Waals surface area contributed by atoms with E-state index in [1.165, 1.54) is 11.6 Å². The van der Waals surface area contributed by atoms with Crippen molar-refractivity contribution in [3.05, 3.63) is 94.5 Å². The van der Waals surface area contributed by atoms with Gasteiger partial charge in [-0.25, -0.2) is 9.59 Å². The summed E-state index contributed by atoms with van der Waals surface area (Å²) in [7, 11) is 0. The van der Waals surface area contributed by atoms with Crippen LogP contribution >= 0.6 is 0 Å².